The Morgan fingerprint density at radius 1 is 1.24 bits per heavy atom. The van der Waals surface area contributed by atoms with Crippen LogP contribution in [0.1, 0.15) is 15.9 Å². The summed E-state index contributed by atoms with van der Waals surface area (Å²) in [5.41, 5.74) is 0.367. The first-order valence-electron chi connectivity index (χ1n) is 9.71. The van der Waals surface area contributed by atoms with Gasteiger partial charge in [-0.2, -0.15) is 5.10 Å². The Hall–Kier alpha value is -4.12. The summed E-state index contributed by atoms with van der Waals surface area (Å²) in [4.78, 5) is 39.7. The normalized spacial score (nSPS) is 11.0. The molecule has 0 aliphatic carbocycles. The minimum absolute atomic E-state index is 0.0614. The van der Waals surface area contributed by atoms with Gasteiger partial charge in [0.05, 0.1) is 24.2 Å². The maximum absolute atomic E-state index is 13.4. The highest BCUT2D eigenvalue weighted by atomic mass is 35.5. The Bertz CT molecular complexity index is 1430. The van der Waals surface area contributed by atoms with Crippen LogP contribution >= 0.6 is 11.6 Å². The van der Waals surface area contributed by atoms with E-state index in [1.165, 1.54) is 46.0 Å². The lowest BCUT2D eigenvalue weighted by Crippen LogP contribution is -2.28. The molecule has 0 saturated heterocycles. The molecule has 0 spiro atoms. The minimum Gasteiger partial charge on any atom is -0.350 e. The van der Waals surface area contributed by atoms with Crippen LogP contribution in [0.4, 0.5) is 10.1 Å². The number of nitrogens with one attached hydrogen (secondary N) is 1. The van der Waals surface area contributed by atoms with E-state index in [4.69, 9.17) is 11.6 Å². The fourth-order valence-electron chi connectivity index (χ4n) is 3.28. The van der Waals surface area contributed by atoms with Gasteiger partial charge in [0.15, 0.2) is 5.65 Å². The van der Waals surface area contributed by atoms with Crippen LogP contribution in [0.15, 0.2) is 59.8 Å². The summed E-state index contributed by atoms with van der Waals surface area (Å²) in [6.07, 6.45) is 2.75. The maximum atomic E-state index is 13.4. The van der Waals surface area contributed by atoms with E-state index in [1.807, 2.05) is 0 Å². The van der Waals surface area contributed by atoms with Gasteiger partial charge in [0.2, 0.25) is 0 Å². The van der Waals surface area contributed by atoms with Crippen molar-refractivity contribution in [3.8, 4) is 0 Å². The highest BCUT2D eigenvalue weighted by Crippen LogP contribution is 2.25. The zero-order valence-corrected chi connectivity index (χ0v) is 17.7. The fourth-order valence-corrected chi connectivity index (χ4v) is 3.46. The molecule has 0 aliphatic heterocycles. The highest BCUT2D eigenvalue weighted by molar-refractivity contribution is 6.32. The van der Waals surface area contributed by atoms with Gasteiger partial charge in [-0.05, 0) is 29.8 Å². The van der Waals surface area contributed by atoms with Crippen LogP contribution in [0.3, 0.4) is 0 Å². The number of nitro benzene ring substituents is 1. The van der Waals surface area contributed by atoms with E-state index in [2.05, 4.69) is 15.4 Å². The third-order valence-corrected chi connectivity index (χ3v) is 5.20. The van der Waals surface area contributed by atoms with Crippen molar-refractivity contribution in [3.63, 3.8) is 0 Å². The second-order valence-corrected chi connectivity index (χ2v) is 7.50. The number of nitrogens with zero attached hydrogens (tertiary/aromatic N) is 5. The van der Waals surface area contributed by atoms with Crippen LogP contribution in [0.25, 0.3) is 11.0 Å². The van der Waals surface area contributed by atoms with Crippen LogP contribution in [0.2, 0.25) is 5.02 Å². The Morgan fingerprint density at radius 3 is 2.82 bits per heavy atom. The first kappa shape index (κ1) is 22.1. The Morgan fingerprint density at radius 2 is 2.06 bits per heavy atom. The van der Waals surface area contributed by atoms with E-state index in [1.54, 1.807) is 12.1 Å². The first-order valence-corrected chi connectivity index (χ1v) is 10.1. The molecule has 0 fully saturated rings. The lowest BCUT2D eigenvalue weighted by molar-refractivity contribution is -0.384. The van der Waals surface area contributed by atoms with Gasteiger partial charge < -0.3 is 5.32 Å². The van der Waals surface area contributed by atoms with Crippen molar-refractivity contribution in [2.24, 2.45) is 0 Å². The van der Waals surface area contributed by atoms with Gasteiger partial charge in [-0.3, -0.25) is 24.3 Å². The number of hydrogen-bond donors (Lipinski definition) is 1. The van der Waals surface area contributed by atoms with Gasteiger partial charge in [-0.1, -0.05) is 23.7 Å². The predicted molar refractivity (Wildman–Crippen MR) is 118 cm³/mol. The second-order valence-electron chi connectivity index (χ2n) is 7.09. The molecule has 1 N–H and O–H groups in total. The topological polar surface area (TPSA) is 125 Å². The van der Waals surface area contributed by atoms with Crippen molar-refractivity contribution < 1.29 is 14.1 Å². The number of amides is 1. The van der Waals surface area contributed by atoms with Gasteiger partial charge in [-0.15, -0.1) is 0 Å². The smallest absolute Gasteiger partial charge is 0.288 e. The van der Waals surface area contributed by atoms with E-state index >= 15 is 0 Å². The molecular weight excluding hydrogens is 455 g/mol. The highest BCUT2D eigenvalue weighted by Gasteiger charge is 2.16. The van der Waals surface area contributed by atoms with E-state index in [-0.39, 0.29) is 46.9 Å². The molecule has 4 rings (SSSR count). The van der Waals surface area contributed by atoms with Gasteiger partial charge in [0.1, 0.15) is 22.6 Å². The Labute approximate surface area is 190 Å². The molecule has 2 heterocycles. The van der Waals surface area contributed by atoms with Crippen LogP contribution in [-0.4, -0.2) is 36.7 Å². The number of aromatic nitrogens is 4. The summed E-state index contributed by atoms with van der Waals surface area (Å²) in [7, 11) is 0. The molecule has 1 amide bonds. The van der Waals surface area contributed by atoms with Crippen LogP contribution < -0.4 is 10.9 Å². The molecule has 4 aromatic rings. The lowest BCUT2D eigenvalue weighted by atomic mass is 10.2. The minimum atomic E-state index is -0.665. The van der Waals surface area contributed by atoms with Gasteiger partial charge in [0.25, 0.3) is 17.2 Å². The number of nitro groups is 1. The number of fused-ring (bicyclic) bond motifs is 1. The van der Waals surface area contributed by atoms with Crippen LogP contribution in [0.5, 0.6) is 0 Å². The quantitative estimate of drug-likeness (QED) is 0.327. The fraction of sp³-hybridized carbons (Fsp3) is 0.143. The predicted octanol–water partition coefficient (Wildman–Crippen LogP) is 2.77. The van der Waals surface area contributed by atoms with Crippen molar-refractivity contribution >= 4 is 34.2 Å². The average Bonchev–Trinajstić information content (AvgIpc) is 3.19. The number of carbonyl (C=O) groups is 1. The summed E-state index contributed by atoms with van der Waals surface area (Å²) in [5, 5.41) is 18.0. The molecule has 0 saturated carbocycles. The van der Waals surface area contributed by atoms with Crippen molar-refractivity contribution in [1.29, 1.82) is 0 Å². The van der Waals surface area contributed by atoms with Crippen molar-refractivity contribution in [1.82, 2.24) is 24.6 Å². The summed E-state index contributed by atoms with van der Waals surface area (Å²) in [5.74, 6) is -0.908. The first-order chi connectivity index (χ1) is 15.8. The van der Waals surface area contributed by atoms with Gasteiger partial charge in [-0.25, -0.2) is 14.1 Å². The van der Waals surface area contributed by atoms with Crippen molar-refractivity contribution in [2.45, 2.75) is 13.1 Å². The molecule has 0 bridgehead atoms. The van der Waals surface area contributed by atoms with Gasteiger partial charge >= 0.3 is 0 Å². The molecule has 0 unspecified atom stereocenters. The number of rotatable bonds is 7. The number of carbonyl (C=O) groups excluding carboxylic acids is 1. The maximum Gasteiger partial charge on any atom is 0.288 e. The number of benzene rings is 2. The molecule has 0 aliphatic rings. The van der Waals surface area contributed by atoms with Crippen molar-refractivity contribution in [3.05, 3.63) is 97.4 Å². The molecule has 12 heteroatoms. The number of halogens is 2. The van der Waals surface area contributed by atoms with E-state index < -0.39 is 16.6 Å². The number of hydrogen-bond acceptors (Lipinski definition) is 6. The summed E-state index contributed by atoms with van der Waals surface area (Å²) >= 11 is 5.76. The Balaban J connectivity index is 1.45. The molecule has 2 aromatic carbocycles. The molecule has 33 heavy (non-hydrogen) atoms. The van der Waals surface area contributed by atoms with E-state index in [0.717, 1.165) is 6.07 Å². The largest absolute Gasteiger partial charge is 0.350 e. The molecule has 168 valence electrons. The van der Waals surface area contributed by atoms with E-state index in [0.29, 0.717) is 11.2 Å². The van der Waals surface area contributed by atoms with E-state index in [9.17, 15) is 24.1 Å². The summed E-state index contributed by atoms with van der Waals surface area (Å²) in [6, 6.07) is 9.72. The third-order valence-electron chi connectivity index (χ3n) is 4.88. The summed E-state index contributed by atoms with van der Waals surface area (Å²) < 4.78 is 16.2. The van der Waals surface area contributed by atoms with Crippen LogP contribution in [0, 0.1) is 15.9 Å². The summed E-state index contributed by atoms with van der Waals surface area (Å²) in [6.45, 7) is 0.513. The Kier molecular flexibility index (Phi) is 6.13. The molecule has 0 radical (unpaired) electrons. The standard InChI is InChI=1S/C21H16ClFN6O4/c22-17-5-4-14(9-18(17)29(32)33)20(30)24-6-7-28-19-16(10-26-28)21(31)27(12-25-19)11-13-2-1-3-15(23)8-13/h1-5,8-10,12H,6-7,11H2,(H,24,30). The lowest BCUT2D eigenvalue weighted by Gasteiger charge is -2.08. The monoisotopic (exact) mass is 470 g/mol. The molecule has 10 nitrogen and oxygen atoms in total. The zero-order valence-electron chi connectivity index (χ0n) is 16.9. The SMILES string of the molecule is O=C(NCCn1ncc2c(=O)n(Cc3cccc(F)c3)cnc21)c1ccc(Cl)c([N+](=O)[O-])c1. The van der Waals surface area contributed by atoms with Crippen molar-refractivity contribution in [2.75, 3.05) is 6.54 Å². The van der Waals surface area contributed by atoms with Gasteiger partial charge in [0, 0.05) is 18.2 Å². The molecule has 0 atom stereocenters. The zero-order chi connectivity index (χ0) is 23.5. The third kappa shape index (κ3) is 4.72. The molecule has 2 aromatic heterocycles. The second kappa shape index (κ2) is 9.17. The average molecular weight is 471 g/mol. The molecular formula is C21H16ClFN6O4. The van der Waals surface area contributed by atoms with Crippen LogP contribution in [-0.2, 0) is 13.1 Å².